The molecular weight excluding hydrogens is 253 g/mol. The van der Waals surface area contributed by atoms with E-state index in [4.69, 9.17) is 4.74 Å². The van der Waals surface area contributed by atoms with E-state index in [9.17, 15) is 4.39 Å². The van der Waals surface area contributed by atoms with Crippen molar-refractivity contribution in [1.82, 2.24) is 5.32 Å². The molecule has 0 aliphatic heterocycles. The van der Waals surface area contributed by atoms with E-state index in [0.29, 0.717) is 12.1 Å². The molecule has 0 radical (unpaired) electrons. The van der Waals surface area contributed by atoms with Crippen LogP contribution in [0.3, 0.4) is 0 Å². The van der Waals surface area contributed by atoms with Gasteiger partial charge >= 0.3 is 0 Å². The Kier molecular flexibility index (Phi) is 4.40. The quantitative estimate of drug-likeness (QED) is 0.914. The molecule has 2 rings (SSSR count). The maximum absolute atomic E-state index is 14.3. The smallest absolute Gasteiger partial charge is 0.131 e. The third kappa shape index (κ3) is 2.83. The Bertz CT molecular complexity index is 599. The van der Waals surface area contributed by atoms with Gasteiger partial charge in [0.25, 0.3) is 0 Å². The number of hydrogen-bond donors (Lipinski definition) is 1. The van der Waals surface area contributed by atoms with Gasteiger partial charge in [0, 0.05) is 12.1 Å². The summed E-state index contributed by atoms with van der Waals surface area (Å²) in [5.41, 5.74) is 4.49. The lowest BCUT2D eigenvalue weighted by Gasteiger charge is -2.15. The lowest BCUT2D eigenvalue weighted by Crippen LogP contribution is -2.07. The molecule has 0 atom stereocenters. The standard InChI is InChI=1S/C17H20FNO/c1-11-7-12(2)17(16(18)8-11)15-6-5-14(20-4)9-13(15)10-19-3/h5-9,19H,10H2,1-4H3. The first-order chi connectivity index (χ1) is 9.56. The molecule has 3 heteroatoms. The zero-order valence-electron chi connectivity index (χ0n) is 12.4. The minimum atomic E-state index is -0.176. The Balaban J connectivity index is 2.63. The predicted molar refractivity (Wildman–Crippen MR) is 80.6 cm³/mol. The Labute approximate surface area is 119 Å². The van der Waals surface area contributed by atoms with Crippen molar-refractivity contribution in [2.75, 3.05) is 14.2 Å². The van der Waals surface area contributed by atoms with Crippen LogP contribution in [0.25, 0.3) is 11.1 Å². The van der Waals surface area contributed by atoms with Crippen LogP contribution < -0.4 is 10.1 Å². The molecule has 0 spiro atoms. The van der Waals surface area contributed by atoms with Crippen molar-refractivity contribution in [3.8, 4) is 16.9 Å². The van der Waals surface area contributed by atoms with E-state index in [1.165, 1.54) is 0 Å². The summed E-state index contributed by atoms with van der Waals surface area (Å²) in [6, 6.07) is 9.32. The molecule has 0 heterocycles. The van der Waals surface area contributed by atoms with Gasteiger partial charge in [0.2, 0.25) is 0 Å². The van der Waals surface area contributed by atoms with E-state index >= 15 is 0 Å². The monoisotopic (exact) mass is 273 g/mol. The van der Waals surface area contributed by atoms with Crippen molar-refractivity contribution in [3.05, 3.63) is 52.8 Å². The number of nitrogens with one attached hydrogen (secondary N) is 1. The minimum absolute atomic E-state index is 0.176. The summed E-state index contributed by atoms with van der Waals surface area (Å²) in [5, 5.41) is 3.12. The van der Waals surface area contributed by atoms with Gasteiger partial charge in [-0.05, 0) is 61.3 Å². The van der Waals surface area contributed by atoms with Crippen LogP contribution in [0.4, 0.5) is 4.39 Å². The summed E-state index contributed by atoms with van der Waals surface area (Å²) in [6.07, 6.45) is 0. The van der Waals surface area contributed by atoms with E-state index in [0.717, 1.165) is 28.0 Å². The second-order valence-electron chi connectivity index (χ2n) is 4.99. The fraction of sp³-hybridized carbons (Fsp3) is 0.294. The van der Waals surface area contributed by atoms with Gasteiger partial charge in [0.15, 0.2) is 0 Å². The minimum Gasteiger partial charge on any atom is -0.497 e. The average molecular weight is 273 g/mol. The molecule has 0 unspecified atom stereocenters. The average Bonchev–Trinajstić information content (AvgIpc) is 2.39. The third-order valence-electron chi connectivity index (χ3n) is 3.38. The lowest BCUT2D eigenvalue weighted by molar-refractivity contribution is 0.414. The van der Waals surface area contributed by atoms with Crippen LogP contribution in [0, 0.1) is 19.7 Å². The molecule has 2 nitrogen and oxygen atoms in total. The Morgan fingerprint density at radius 1 is 1.15 bits per heavy atom. The van der Waals surface area contributed by atoms with Gasteiger partial charge in [-0.2, -0.15) is 0 Å². The highest BCUT2D eigenvalue weighted by Gasteiger charge is 2.13. The van der Waals surface area contributed by atoms with Crippen LogP contribution in [0.5, 0.6) is 5.75 Å². The van der Waals surface area contributed by atoms with Gasteiger partial charge in [-0.15, -0.1) is 0 Å². The number of ether oxygens (including phenoxy) is 1. The number of benzene rings is 2. The Morgan fingerprint density at radius 2 is 1.90 bits per heavy atom. The molecule has 2 aromatic carbocycles. The van der Waals surface area contributed by atoms with Crippen molar-refractivity contribution >= 4 is 0 Å². The number of rotatable bonds is 4. The molecule has 2 aromatic rings. The SMILES string of the molecule is CNCc1cc(OC)ccc1-c1c(C)cc(C)cc1F. The highest BCUT2D eigenvalue weighted by Crippen LogP contribution is 2.32. The first kappa shape index (κ1) is 14.5. The summed E-state index contributed by atoms with van der Waals surface area (Å²) in [7, 11) is 3.51. The third-order valence-corrected chi connectivity index (χ3v) is 3.38. The first-order valence-corrected chi connectivity index (χ1v) is 6.65. The molecule has 0 saturated carbocycles. The van der Waals surface area contributed by atoms with E-state index < -0.39 is 0 Å². The lowest BCUT2D eigenvalue weighted by atomic mass is 9.94. The molecule has 0 aliphatic carbocycles. The van der Waals surface area contributed by atoms with Crippen LogP contribution in [-0.4, -0.2) is 14.2 Å². The normalized spacial score (nSPS) is 10.7. The molecule has 0 amide bonds. The van der Waals surface area contributed by atoms with E-state index in [2.05, 4.69) is 5.32 Å². The van der Waals surface area contributed by atoms with Crippen LogP contribution >= 0.6 is 0 Å². The number of halogens is 1. The van der Waals surface area contributed by atoms with Crippen LogP contribution in [0.1, 0.15) is 16.7 Å². The largest absolute Gasteiger partial charge is 0.497 e. The Morgan fingerprint density at radius 3 is 2.50 bits per heavy atom. The summed E-state index contributed by atoms with van der Waals surface area (Å²) in [6.45, 7) is 4.51. The van der Waals surface area contributed by atoms with E-state index in [-0.39, 0.29) is 5.82 Å². The maximum atomic E-state index is 14.3. The van der Waals surface area contributed by atoms with Crippen LogP contribution in [-0.2, 0) is 6.54 Å². The van der Waals surface area contributed by atoms with E-state index in [1.54, 1.807) is 13.2 Å². The molecule has 0 aliphatic rings. The molecule has 0 bridgehead atoms. The molecule has 1 N–H and O–H groups in total. The van der Waals surface area contributed by atoms with E-state index in [1.807, 2.05) is 45.2 Å². The molecule has 20 heavy (non-hydrogen) atoms. The highest BCUT2D eigenvalue weighted by atomic mass is 19.1. The Hall–Kier alpha value is -1.87. The molecular formula is C17H20FNO. The molecule has 0 aromatic heterocycles. The van der Waals surface area contributed by atoms with Gasteiger partial charge in [0.1, 0.15) is 11.6 Å². The fourth-order valence-corrected chi connectivity index (χ4v) is 2.53. The van der Waals surface area contributed by atoms with Gasteiger partial charge in [-0.3, -0.25) is 0 Å². The second kappa shape index (κ2) is 6.06. The first-order valence-electron chi connectivity index (χ1n) is 6.65. The zero-order valence-corrected chi connectivity index (χ0v) is 12.4. The summed E-state index contributed by atoms with van der Waals surface area (Å²) >= 11 is 0. The molecule has 106 valence electrons. The second-order valence-corrected chi connectivity index (χ2v) is 4.99. The highest BCUT2D eigenvalue weighted by molar-refractivity contribution is 5.72. The number of aryl methyl sites for hydroxylation is 2. The summed E-state index contributed by atoms with van der Waals surface area (Å²) < 4.78 is 19.6. The van der Waals surface area contributed by atoms with Crippen molar-refractivity contribution in [2.45, 2.75) is 20.4 Å². The number of methoxy groups -OCH3 is 1. The van der Waals surface area contributed by atoms with Crippen molar-refractivity contribution in [2.24, 2.45) is 0 Å². The fourth-order valence-electron chi connectivity index (χ4n) is 2.53. The molecule has 0 fully saturated rings. The summed E-state index contributed by atoms with van der Waals surface area (Å²) in [5.74, 6) is 0.606. The predicted octanol–water partition coefficient (Wildman–Crippen LogP) is 3.84. The zero-order chi connectivity index (χ0) is 14.7. The van der Waals surface area contributed by atoms with Crippen molar-refractivity contribution in [1.29, 1.82) is 0 Å². The van der Waals surface area contributed by atoms with Gasteiger partial charge < -0.3 is 10.1 Å². The van der Waals surface area contributed by atoms with Crippen molar-refractivity contribution < 1.29 is 9.13 Å². The van der Waals surface area contributed by atoms with Gasteiger partial charge in [-0.1, -0.05) is 12.1 Å². The summed E-state index contributed by atoms with van der Waals surface area (Å²) in [4.78, 5) is 0. The topological polar surface area (TPSA) is 21.3 Å². The van der Waals surface area contributed by atoms with Gasteiger partial charge in [-0.25, -0.2) is 4.39 Å². The molecule has 0 saturated heterocycles. The van der Waals surface area contributed by atoms with Crippen LogP contribution in [0.15, 0.2) is 30.3 Å². The number of hydrogen-bond acceptors (Lipinski definition) is 2. The van der Waals surface area contributed by atoms with Crippen LogP contribution in [0.2, 0.25) is 0 Å². The van der Waals surface area contributed by atoms with Gasteiger partial charge in [0.05, 0.1) is 7.11 Å². The maximum Gasteiger partial charge on any atom is 0.131 e. The van der Waals surface area contributed by atoms with Crippen molar-refractivity contribution in [3.63, 3.8) is 0 Å².